The molecule has 1 fully saturated rings. The van der Waals surface area contributed by atoms with E-state index in [-0.39, 0.29) is 28.9 Å². The number of aliphatic imine (C=N–C) groups is 1. The minimum absolute atomic E-state index is 0. The van der Waals surface area contributed by atoms with Crippen molar-refractivity contribution in [2.24, 2.45) is 10.7 Å². The Morgan fingerprint density at radius 3 is 2.58 bits per heavy atom. The molecule has 0 amide bonds. The van der Waals surface area contributed by atoms with Gasteiger partial charge in [0, 0.05) is 26.7 Å². The lowest BCUT2D eigenvalue weighted by Crippen LogP contribution is -2.42. The van der Waals surface area contributed by atoms with Gasteiger partial charge in [-0.15, -0.1) is 24.0 Å². The van der Waals surface area contributed by atoms with E-state index in [1.54, 1.807) is 24.3 Å². The molecule has 0 aliphatic carbocycles. The number of likely N-dealkylation sites (N-methyl/N-ethyl adjacent to an activating group) is 1. The highest BCUT2D eigenvalue weighted by Crippen LogP contribution is 2.16. The van der Waals surface area contributed by atoms with Crippen LogP contribution in [0.4, 0.5) is 0 Å². The van der Waals surface area contributed by atoms with Gasteiger partial charge in [-0.25, -0.2) is 17.7 Å². The molecule has 0 aromatic heterocycles. The van der Waals surface area contributed by atoms with Gasteiger partial charge < -0.3 is 11.1 Å². The summed E-state index contributed by atoms with van der Waals surface area (Å²) in [6, 6.07) is 7.25. The van der Waals surface area contributed by atoms with Crippen molar-refractivity contribution in [2.45, 2.75) is 37.2 Å². The van der Waals surface area contributed by atoms with Gasteiger partial charge in [-0.1, -0.05) is 19.1 Å². The topological polar surface area (TPSA) is 91.0 Å². The van der Waals surface area contributed by atoms with Gasteiger partial charge in [-0.2, -0.15) is 0 Å². The predicted molar refractivity (Wildman–Crippen MR) is 116 cm³/mol. The van der Waals surface area contributed by atoms with E-state index in [1.807, 2.05) is 0 Å². The molecule has 7 nitrogen and oxygen atoms in total. The maximum Gasteiger partial charge on any atom is 0.242 e. The summed E-state index contributed by atoms with van der Waals surface area (Å²) in [5.74, 6) is 0.424. The van der Waals surface area contributed by atoms with Gasteiger partial charge in [0.25, 0.3) is 0 Å². The van der Waals surface area contributed by atoms with Crippen LogP contribution in [0.3, 0.4) is 0 Å². The number of nitrogens with two attached hydrogens (primary N) is 1. The standard InChI is InChI=1S/C17H29N5O2S.HI/c1-4-22-11-5-6-15(22)13-20-17(18)19-12-14-7-9-16(10-8-14)25(23,24)21(2)3;/h7-10,15H,4-6,11-13H2,1-3H3,(H3,18,19,20);1H. The lowest BCUT2D eigenvalue weighted by Gasteiger charge is -2.23. The largest absolute Gasteiger partial charge is 0.370 e. The van der Waals surface area contributed by atoms with E-state index >= 15 is 0 Å². The normalized spacial score (nSPS) is 18.8. The van der Waals surface area contributed by atoms with Crippen LogP contribution in [0, 0.1) is 0 Å². The molecule has 9 heteroatoms. The zero-order valence-corrected chi connectivity index (χ0v) is 18.8. The van der Waals surface area contributed by atoms with Crippen molar-refractivity contribution in [1.29, 1.82) is 0 Å². The monoisotopic (exact) mass is 495 g/mol. The molecule has 26 heavy (non-hydrogen) atoms. The summed E-state index contributed by atoms with van der Waals surface area (Å²) in [5.41, 5.74) is 6.86. The fourth-order valence-electron chi connectivity index (χ4n) is 2.98. The number of benzene rings is 1. The first-order chi connectivity index (χ1) is 11.8. The molecular formula is C17H30IN5O2S. The summed E-state index contributed by atoms with van der Waals surface area (Å²) in [5, 5.41) is 3.19. The molecule has 0 bridgehead atoms. The van der Waals surface area contributed by atoms with Crippen LogP contribution in [0.15, 0.2) is 34.2 Å². The van der Waals surface area contributed by atoms with E-state index in [2.05, 4.69) is 22.1 Å². The van der Waals surface area contributed by atoms with Crippen molar-refractivity contribution < 1.29 is 8.42 Å². The number of rotatable bonds is 7. The molecule has 1 saturated heterocycles. The first-order valence-electron chi connectivity index (χ1n) is 8.64. The van der Waals surface area contributed by atoms with Crippen LogP contribution >= 0.6 is 24.0 Å². The summed E-state index contributed by atoms with van der Waals surface area (Å²) in [7, 11) is -0.359. The molecule has 148 valence electrons. The fourth-order valence-corrected chi connectivity index (χ4v) is 3.88. The second-order valence-corrected chi connectivity index (χ2v) is 8.59. The van der Waals surface area contributed by atoms with Crippen molar-refractivity contribution in [1.82, 2.24) is 14.5 Å². The Kier molecular flexibility index (Phi) is 9.28. The Morgan fingerprint density at radius 2 is 2.00 bits per heavy atom. The molecule has 1 aromatic rings. The molecule has 1 heterocycles. The van der Waals surface area contributed by atoms with E-state index in [0.717, 1.165) is 25.2 Å². The Morgan fingerprint density at radius 1 is 1.35 bits per heavy atom. The van der Waals surface area contributed by atoms with Gasteiger partial charge in [-0.05, 0) is 43.6 Å². The van der Waals surface area contributed by atoms with Gasteiger partial charge in [0.1, 0.15) is 0 Å². The van der Waals surface area contributed by atoms with Gasteiger partial charge in [0.2, 0.25) is 10.0 Å². The van der Waals surface area contributed by atoms with Gasteiger partial charge in [-0.3, -0.25) is 4.90 Å². The van der Waals surface area contributed by atoms with E-state index in [4.69, 9.17) is 5.73 Å². The number of nitrogens with zero attached hydrogens (tertiary/aromatic N) is 3. The molecule has 1 unspecified atom stereocenters. The number of hydrogen-bond acceptors (Lipinski definition) is 4. The van der Waals surface area contributed by atoms with Crippen molar-refractivity contribution in [3.05, 3.63) is 29.8 Å². The van der Waals surface area contributed by atoms with Crippen molar-refractivity contribution in [3.8, 4) is 0 Å². The quantitative estimate of drug-likeness (QED) is 0.340. The molecular weight excluding hydrogens is 465 g/mol. The Hall–Kier alpha value is -0.910. The first-order valence-corrected chi connectivity index (χ1v) is 10.1. The van der Waals surface area contributed by atoms with Crippen LogP contribution in [0.1, 0.15) is 25.3 Å². The molecule has 0 spiro atoms. The lowest BCUT2D eigenvalue weighted by molar-refractivity contribution is 0.267. The van der Waals surface area contributed by atoms with Crippen molar-refractivity contribution >= 4 is 40.0 Å². The average Bonchev–Trinajstić information content (AvgIpc) is 3.06. The summed E-state index contributed by atoms with van der Waals surface area (Å²) >= 11 is 0. The zero-order chi connectivity index (χ0) is 18.4. The molecule has 2 rings (SSSR count). The van der Waals surface area contributed by atoms with Crippen LogP contribution in [0.25, 0.3) is 0 Å². The maximum atomic E-state index is 12.0. The number of halogens is 1. The minimum Gasteiger partial charge on any atom is -0.370 e. The highest BCUT2D eigenvalue weighted by molar-refractivity contribution is 14.0. The van der Waals surface area contributed by atoms with Gasteiger partial charge in [0.05, 0.1) is 11.4 Å². The van der Waals surface area contributed by atoms with Crippen molar-refractivity contribution in [3.63, 3.8) is 0 Å². The number of guanidine groups is 1. The molecule has 1 aromatic carbocycles. The number of likely N-dealkylation sites (tertiary alicyclic amines) is 1. The van der Waals surface area contributed by atoms with E-state index in [9.17, 15) is 8.42 Å². The van der Waals surface area contributed by atoms with Crippen LogP contribution in [0.2, 0.25) is 0 Å². The van der Waals surface area contributed by atoms with Gasteiger partial charge >= 0.3 is 0 Å². The Bertz CT molecular complexity index is 692. The smallest absolute Gasteiger partial charge is 0.242 e. The number of sulfonamides is 1. The second-order valence-electron chi connectivity index (χ2n) is 6.44. The summed E-state index contributed by atoms with van der Waals surface area (Å²) in [6.45, 7) is 5.62. The molecule has 0 saturated carbocycles. The van der Waals surface area contributed by atoms with Crippen molar-refractivity contribution in [2.75, 3.05) is 33.7 Å². The molecule has 0 radical (unpaired) electrons. The highest BCUT2D eigenvalue weighted by atomic mass is 127. The molecule has 3 N–H and O–H groups in total. The lowest BCUT2D eigenvalue weighted by atomic mass is 10.2. The average molecular weight is 495 g/mol. The Balaban J connectivity index is 0.00000338. The molecule has 1 aliphatic heterocycles. The summed E-state index contributed by atoms with van der Waals surface area (Å²) in [4.78, 5) is 7.06. The van der Waals surface area contributed by atoms with E-state index in [1.165, 1.54) is 31.2 Å². The molecule has 1 atom stereocenters. The second kappa shape index (κ2) is 10.4. The SMILES string of the molecule is CCN1CCCC1CNC(N)=NCc1ccc(S(=O)(=O)N(C)C)cc1.I. The number of hydrogen-bond donors (Lipinski definition) is 2. The minimum atomic E-state index is -3.40. The Labute approximate surface area is 174 Å². The van der Waals surface area contributed by atoms with Crippen LogP contribution in [-0.4, -0.2) is 63.4 Å². The third-order valence-electron chi connectivity index (χ3n) is 4.56. The first kappa shape index (κ1) is 23.1. The number of nitrogens with one attached hydrogen (secondary N) is 1. The van der Waals surface area contributed by atoms with Crippen LogP contribution in [-0.2, 0) is 16.6 Å². The van der Waals surface area contributed by atoms with Crippen LogP contribution in [0.5, 0.6) is 0 Å². The third kappa shape index (κ3) is 6.07. The predicted octanol–water partition coefficient (Wildman–Crippen LogP) is 1.44. The third-order valence-corrected chi connectivity index (χ3v) is 6.39. The van der Waals surface area contributed by atoms with E-state index < -0.39 is 10.0 Å². The van der Waals surface area contributed by atoms with E-state index in [0.29, 0.717) is 18.5 Å². The zero-order valence-electron chi connectivity index (χ0n) is 15.7. The molecule has 1 aliphatic rings. The highest BCUT2D eigenvalue weighted by Gasteiger charge is 2.22. The fraction of sp³-hybridized carbons (Fsp3) is 0.588. The maximum absolute atomic E-state index is 12.0. The van der Waals surface area contributed by atoms with Crippen LogP contribution < -0.4 is 11.1 Å². The van der Waals surface area contributed by atoms with Gasteiger partial charge in [0.15, 0.2) is 5.96 Å². The summed E-state index contributed by atoms with van der Waals surface area (Å²) < 4.78 is 25.3. The summed E-state index contributed by atoms with van der Waals surface area (Å²) in [6.07, 6.45) is 2.43.